The zero-order chi connectivity index (χ0) is 22.1. The summed E-state index contributed by atoms with van der Waals surface area (Å²) in [4.78, 5) is 7.30. The minimum atomic E-state index is 0.399. The maximum absolute atomic E-state index is 10.2. The number of methoxy groups -OCH3 is 1. The molecule has 1 saturated heterocycles. The highest BCUT2D eigenvalue weighted by molar-refractivity contribution is 5.36. The van der Waals surface area contributed by atoms with Crippen molar-refractivity contribution >= 4 is 0 Å². The Bertz CT molecular complexity index is 788. The van der Waals surface area contributed by atoms with E-state index in [1.165, 1.54) is 18.4 Å². The van der Waals surface area contributed by atoms with Crippen LogP contribution in [0.5, 0.6) is 11.5 Å². The van der Waals surface area contributed by atoms with E-state index in [1.807, 2.05) is 18.2 Å². The van der Waals surface area contributed by atoms with Gasteiger partial charge in [-0.25, -0.2) is 0 Å². The molecule has 0 radical (unpaired) electrons. The Morgan fingerprint density at radius 1 is 0.968 bits per heavy atom. The van der Waals surface area contributed by atoms with Crippen LogP contribution in [-0.4, -0.2) is 80.3 Å². The molecule has 1 aliphatic rings. The number of likely N-dealkylation sites (tertiary alicyclic amines) is 1. The Hall–Kier alpha value is -2.08. The van der Waals surface area contributed by atoms with E-state index in [9.17, 15) is 5.11 Å². The van der Waals surface area contributed by atoms with Gasteiger partial charge in [0.05, 0.1) is 7.11 Å². The number of hydrogen-bond donors (Lipinski definition) is 1. The summed E-state index contributed by atoms with van der Waals surface area (Å²) in [5.74, 6) is 2.03. The Labute approximate surface area is 188 Å². The van der Waals surface area contributed by atoms with Gasteiger partial charge in [-0.3, -0.25) is 4.90 Å². The maximum Gasteiger partial charge on any atom is 0.122 e. The van der Waals surface area contributed by atoms with Gasteiger partial charge in [0.25, 0.3) is 0 Å². The number of benzene rings is 2. The molecule has 31 heavy (non-hydrogen) atoms. The largest absolute Gasteiger partial charge is 0.508 e. The van der Waals surface area contributed by atoms with Crippen LogP contribution < -0.4 is 4.74 Å². The highest BCUT2D eigenvalue weighted by Crippen LogP contribution is 2.34. The van der Waals surface area contributed by atoms with Crippen molar-refractivity contribution in [2.24, 2.45) is 0 Å². The first-order chi connectivity index (χ1) is 15.1. The van der Waals surface area contributed by atoms with Crippen LogP contribution in [0.15, 0.2) is 48.5 Å². The first kappa shape index (κ1) is 23.6. The molecule has 1 fully saturated rings. The lowest BCUT2D eigenvalue weighted by Crippen LogP contribution is -2.37. The molecule has 5 nitrogen and oxygen atoms in total. The van der Waals surface area contributed by atoms with Crippen LogP contribution in [0.25, 0.3) is 0 Å². The summed E-state index contributed by atoms with van der Waals surface area (Å²) >= 11 is 0. The molecule has 0 atom stereocenters. The van der Waals surface area contributed by atoms with Gasteiger partial charge in [0.15, 0.2) is 0 Å². The maximum atomic E-state index is 10.2. The first-order valence-corrected chi connectivity index (χ1v) is 11.6. The van der Waals surface area contributed by atoms with Crippen LogP contribution in [0.3, 0.4) is 0 Å². The minimum absolute atomic E-state index is 0.399. The third kappa shape index (κ3) is 7.23. The normalized spacial score (nSPS) is 15.6. The van der Waals surface area contributed by atoms with Crippen molar-refractivity contribution in [2.75, 3.05) is 60.5 Å². The predicted octanol–water partition coefficient (Wildman–Crippen LogP) is 4.03. The molecule has 1 aliphatic heterocycles. The van der Waals surface area contributed by atoms with Crippen molar-refractivity contribution in [2.45, 2.75) is 31.7 Å². The molecule has 0 spiro atoms. The van der Waals surface area contributed by atoms with Gasteiger partial charge < -0.3 is 19.6 Å². The molecule has 0 aliphatic carbocycles. The van der Waals surface area contributed by atoms with Crippen LogP contribution >= 0.6 is 0 Å². The number of ether oxygens (including phenoxy) is 1. The summed E-state index contributed by atoms with van der Waals surface area (Å²) in [7, 11) is 6.00. The fraction of sp³-hybridized carbons (Fsp3) is 0.538. The summed E-state index contributed by atoms with van der Waals surface area (Å²) in [6.45, 7) is 7.33. The molecule has 170 valence electrons. The number of likely N-dealkylation sites (N-methyl/N-ethyl adjacent to an activating group) is 1. The second kappa shape index (κ2) is 12.1. The third-order valence-electron chi connectivity index (χ3n) is 6.36. The van der Waals surface area contributed by atoms with Crippen LogP contribution in [0.2, 0.25) is 0 Å². The standard InChI is InChI=1S/C26H39N3O2/c1-27(2)19-20-29(21-23-9-4-6-11-25(23)30)16-8-15-28-17-13-22(14-18-28)24-10-5-7-12-26(24)31-3/h4-7,9-12,22,30H,8,13-21H2,1-3H3. The van der Waals surface area contributed by atoms with Crippen molar-refractivity contribution < 1.29 is 9.84 Å². The summed E-state index contributed by atoms with van der Waals surface area (Å²) in [6, 6.07) is 16.2. The van der Waals surface area contributed by atoms with E-state index in [1.54, 1.807) is 13.2 Å². The number of phenolic OH excluding ortho intramolecular Hbond substituents is 1. The van der Waals surface area contributed by atoms with Gasteiger partial charge in [-0.2, -0.15) is 0 Å². The number of rotatable bonds is 11. The summed E-state index contributed by atoms with van der Waals surface area (Å²) < 4.78 is 5.57. The van der Waals surface area contributed by atoms with Gasteiger partial charge in [-0.15, -0.1) is 0 Å². The monoisotopic (exact) mass is 425 g/mol. The van der Waals surface area contributed by atoms with Crippen molar-refractivity contribution in [1.82, 2.24) is 14.7 Å². The lowest BCUT2D eigenvalue weighted by Gasteiger charge is -2.33. The molecule has 0 unspecified atom stereocenters. The molecule has 5 heteroatoms. The van der Waals surface area contributed by atoms with Gasteiger partial charge >= 0.3 is 0 Å². The van der Waals surface area contributed by atoms with E-state index in [0.717, 1.165) is 63.5 Å². The average Bonchev–Trinajstić information content (AvgIpc) is 2.79. The zero-order valence-corrected chi connectivity index (χ0v) is 19.5. The number of piperidine rings is 1. The van der Waals surface area contributed by atoms with Gasteiger partial charge in [0.2, 0.25) is 0 Å². The second-order valence-corrected chi connectivity index (χ2v) is 8.92. The van der Waals surface area contributed by atoms with E-state index in [0.29, 0.717) is 11.7 Å². The Balaban J connectivity index is 1.46. The molecular formula is C26H39N3O2. The molecule has 3 rings (SSSR count). The van der Waals surface area contributed by atoms with Gasteiger partial charge in [0, 0.05) is 25.2 Å². The number of hydrogen-bond acceptors (Lipinski definition) is 5. The van der Waals surface area contributed by atoms with Crippen LogP contribution in [0.1, 0.15) is 36.3 Å². The van der Waals surface area contributed by atoms with Gasteiger partial charge in [-0.1, -0.05) is 36.4 Å². The SMILES string of the molecule is COc1ccccc1C1CCN(CCCN(CCN(C)C)Cc2ccccc2O)CC1. The predicted molar refractivity (Wildman–Crippen MR) is 128 cm³/mol. The smallest absolute Gasteiger partial charge is 0.122 e. The Morgan fingerprint density at radius 3 is 2.39 bits per heavy atom. The molecule has 0 aromatic heterocycles. The molecule has 0 bridgehead atoms. The van der Waals surface area contributed by atoms with Crippen LogP contribution in [-0.2, 0) is 6.54 Å². The number of para-hydroxylation sites is 2. The first-order valence-electron chi connectivity index (χ1n) is 11.6. The van der Waals surface area contributed by atoms with Crippen molar-refractivity contribution in [3.63, 3.8) is 0 Å². The van der Waals surface area contributed by atoms with E-state index in [-0.39, 0.29) is 0 Å². The molecule has 2 aromatic rings. The number of aromatic hydroxyl groups is 1. The molecule has 1 heterocycles. The van der Waals surface area contributed by atoms with Crippen LogP contribution in [0, 0.1) is 0 Å². The van der Waals surface area contributed by atoms with Crippen molar-refractivity contribution in [3.05, 3.63) is 59.7 Å². The van der Waals surface area contributed by atoms with E-state index in [2.05, 4.69) is 53.1 Å². The Kier molecular flexibility index (Phi) is 9.19. The van der Waals surface area contributed by atoms with E-state index in [4.69, 9.17) is 4.74 Å². The van der Waals surface area contributed by atoms with Gasteiger partial charge in [-0.05, 0) is 83.2 Å². The fourth-order valence-electron chi connectivity index (χ4n) is 4.49. The molecule has 1 N–H and O–H groups in total. The second-order valence-electron chi connectivity index (χ2n) is 8.92. The van der Waals surface area contributed by atoms with Crippen molar-refractivity contribution in [3.8, 4) is 11.5 Å². The summed E-state index contributed by atoms with van der Waals surface area (Å²) in [5.41, 5.74) is 2.38. The summed E-state index contributed by atoms with van der Waals surface area (Å²) in [6.07, 6.45) is 3.55. The number of phenols is 1. The molecule has 0 saturated carbocycles. The Morgan fingerprint density at radius 2 is 1.68 bits per heavy atom. The molecule has 2 aromatic carbocycles. The molecule has 0 amide bonds. The third-order valence-corrected chi connectivity index (χ3v) is 6.36. The minimum Gasteiger partial charge on any atom is -0.508 e. The van der Waals surface area contributed by atoms with E-state index < -0.39 is 0 Å². The lowest BCUT2D eigenvalue weighted by atomic mass is 9.89. The molecular weight excluding hydrogens is 386 g/mol. The highest BCUT2D eigenvalue weighted by Gasteiger charge is 2.22. The average molecular weight is 426 g/mol. The van der Waals surface area contributed by atoms with E-state index >= 15 is 0 Å². The highest BCUT2D eigenvalue weighted by atomic mass is 16.5. The van der Waals surface area contributed by atoms with Crippen LogP contribution in [0.4, 0.5) is 0 Å². The zero-order valence-electron chi connectivity index (χ0n) is 19.5. The number of nitrogens with zero attached hydrogens (tertiary/aromatic N) is 3. The topological polar surface area (TPSA) is 39.2 Å². The van der Waals surface area contributed by atoms with Crippen molar-refractivity contribution in [1.29, 1.82) is 0 Å². The fourth-order valence-corrected chi connectivity index (χ4v) is 4.49. The quantitative estimate of drug-likeness (QED) is 0.588. The lowest BCUT2D eigenvalue weighted by molar-refractivity contribution is 0.182. The summed E-state index contributed by atoms with van der Waals surface area (Å²) in [5, 5.41) is 10.2. The van der Waals surface area contributed by atoms with Gasteiger partial charge in [0.1, 0.15) is 11.5 Å².